The van der Waals surface area contributed by atoms with Gasteiger partial charge in [0.05, 0.1) is 6.54 Å². The Hall–Kier alpha value is -0.160. The first-order valence-corrected chi connectivity index (χ1v) is 7.52. The van der Waals surface area contributed by atoms with Gasteiger partial charge in [0.2, 0.25) is 5.91 Å². The molecule has 0 radical (unpaired) electrons. The third kappa shape index (κ3) is 6.10. The standard InChI is InChI=1S/C10H18N2OS2/c1-2-3-6-14-7-4-9(13)12-10-11-5-8-15-10/h2-8H2,1H3,(H,11,12,13). The largest absolute Gasteiger partial charge is 0.305 e. The Morgan fingerprint density at radius 2 is 2.47 bits per heavy atom. The molecule has 1 heterocycles. The number of unbranched alkanes of at least 4 members (excludes halogenated alkanes) is 1. The molecule has 15 heavy (non-hydrogen) atoms. The topological polar surface area (TPSA) is 41.5 Å². The highest BCUT2D eigenvalue weighted by Crippen LogP contribution is 2.10. The molecule has 0 saturated carbocycles. The van der Waals surface area contributed by atoms with Crippen LogP contribution in [0.1, 0.15) is 26.2 Å². The number of hydrogen-bond acceptors (Lipinski definition) is 4. The molecule has 86 valence electrons. The maximum Gasteiger partial charge on any atom is 0.226 e. The predicted molar refractivity (Wildman–Crippen MR) is 69.8 cm³/mol. The van der Waals surface area contributed by atoms with Crippen LogP contribution in [0.25, 0.3) is 0 Å². The fourth-order valence-electron chi connectivity index (χ4n) is 1.11. The Morgan fingerprint density at radius 3 is 3.13 bits per heavy atom. The van der Waals surface area contributed by atoms with Gasteiger partial charge in [0.25, 0.3) is 0 Å². The fraction of sp³-hybridized carbons (Fsp3) is 0.800. The van der Waals surface area contributed by atoms with Gasteiger partial charge in [-0.15, -0.1) is 0 Å². The van der Waals surface area contributed by atoms with Gasteiger partial charge in [-0.3, -0.25) is 9.79 Å². The molecule has 1 aliphatic heterocycles. The van der Waals surface area contributed by atoms with E-state index in [0.29, 0.717) is 6.42 Å². The SMILES string of the molecule is CCCCSCCC(=O)NC1=NCCS1. The van der Waals surface area contributed by atoms with Crippen molar-refractivity contribution >= 4 is 34.6 Å². The smallest absolute Gasteiger partial charge is 0.226 e. The predicted octanol–water partition coefficient (Wildman–Crippen LogP) is 2.13. The molecule has 1 aliphatic rings. The van der Waals surface area contributed by atoms with Crippen LogP contribution < -0.4 is 5.32 Å². The lowest BCUT2D eigenvalue weighted by Gasteiger charge is -2.03. The first-order chi connectivity index (χ1) is 7.33. The minimum absolute atomic E-state index is 0.104. The lowest BCUT2D eigenvalue weighted by atomic mass is 10.4. The van der Waals surface area contributed by atoms with Crippen molar-refractivity contribution < 1.29 is 4.79 Å². The molecule has 0 aliphatic carbocycles. The second-order valence-electron chi connectivity index (χ2n) is 3.30. The highest BCUT2D eigenvalue weighted by molar-refractivity contribution is 8.14. The zero-order valence-electron chi connectivity index (χ0n) is 9.12. The number of amidine groups is 1. The van der Waals surface area contributed by atoms with Crippen LogP contribution in [0.5, 0.6) is 0 Å². The van der Waals surface area contributed by atoms with Crippen molar-refractivity contribution in [3.63, 3.8) is 0 Å². The minimum Gasteiger partial charge on any atom is -0.305 e. The number of aliphatic imine (C=N–C) groups is 1. The lowest BCUT2D eigenvalue weighted by Crippen LogP contribution is -2.27. The van der Waals surface area contributed by atoms with Gasteiger partial charge in [-0.05, 0) is 12.2 Å². The van der Waals surface area contributed by atoms with Crippen LogP contribution in [0.4, 0.5) is 0 Å². The van der Waals surface area contributed by atoms with Gasteiger partial charge < -0.3 is 5.32 Å². The number of nitrogens with one attached hydrogen (secondary N) is 1. The molecule has 3 nitrogen and oxygen atoms in total. The Kier molecular flexibility index (Phi) is 6.92. The molecule has 1 amide bonds. The highest BCUT2D eigenvalue weighted by Gasteiger charge is 2.10. The van der Waals surface area contributed by atoms with Crippen LogP contribution in [0.15, 0.2) is 4.99 Å². The van der Waals surface area contributed by atoms with Gasteiger partial charge in [0.1, 0.15) is 0 Å². The van der Waals surface area contributed by atoms with E-state index in [4.69, 9.17) is 0 Å². The summed E-state index contributed by atoms with van der Waals surface area (Å²) in [6, 6.07) is 0. The molecule has 1 rings (SSSR count). The Morgan fingerprint density at radius 1 is 1.60 bits per heavy atom. The van der Waals surface area contributed by atoms with E-state index >= 15 is 0 Å². The third-order valence-corrected chi connectivity index (χ3v) is 3.91. The van der Waals surface area contributed by atoms with Gasteiger partial charge in [-0.2, -0.15) is 11.8 Å². The summed E-state index contributed by atoms with van der Waals surface area (Å²) in [5, 5.41) is 3.63. The van der Waals surface area contributed by atoms with Crippen LogP contribution in [-0.4, -0.2) is 34.9 Å². The van der Waals surface area contributed by atoms with E-state index in [1.165, 1.54) is 18.6 Å². The fourth-order valence-corrected chi connectivity index (χ4v) is 2.88. The average Bonchev–Trinajstić information content (AvgIpc) is 2.70. The van der Waals surface area contributed by atoms with E-state index in [1.807, 2.05) is 11.8 Å². The summed E-state index contributed by atoms with van der Waals surface area (Å²) in [6.07, 6.45) is 3.08. The van der Waals surface area contributed by atoms with E-state index in [9.17, 15) is 4.79 Å². The number of hydrogen-bond donors (Lipinski definition) is 1. The van der Waals surface area contributed by atoms with Crippen molar-refractivity contribution in [1.82, 2.24) is 5.32 Å². The van der Waals surface area contributed by atoms with Crippen LogP contribution in [0.3, 0.4) is 0 Å². The normalized spacial score (nSPS) is 15.1. The molecule has 0 aromatic heterocycles. The Balaban J connectivity index is 1.98. The number of thioether (sulfide) groups is 2. The first kappa shape index (κ1) is 12.9. The third-order valence-electron chi connectivity index (χ3n) is 1.95. The summed E-state index contributed by atoms with van der Waals surface area (Å²) >= 11 is 3.49. The van der Waals surface area contributed by atoms with Crippen molar-refractivity contribution in [2.45, 2.75) is 26.2 Å². The van der Waals surface area contributed by atoms with Crippen molar-refractivity contribution in [2.75, 3.05) is 23.8 Å². The van der Waals surface area contributed by atoms with Gasteiger partial charge in [0, 0.05) is 17.9 Å². The highest BCUT2D eigenvalue weighted by atomic mass is 32.2. The number of carbonyl (C=O) groups is 1. The van der Waals surface area contributed by atoms with Crippen molar-refractivity contribution in [3.05, 3.63) is 0 Å². The van der Waals surface area contributed by atoms with E-state index in [-0.39, 0.29) is 5.91 Å². The number of amides is 1. The second-order valence-corrected chi connectivity index (χ2v) is 5.61. The molecule has 1 N–H and O–H groups in total. The molecule has 0 spiro atoms. The Bertz CT molecular complexity index is 231. The van der Waals surface area contributed by atoms with Gasteiger partial charge in [0.15, 0.2) is 5.17 Å². The Labute approximate surface area is 99.9 Å². The molecule has 0 bridgehead atoms. The summed E-state index contributed by atoms with van der Waals surface area (Å²) < 4.78 is 0. The molecular formula is C10H18N2OS2. The van der Waals surface area contributed by atoms with Crippen LogP contribution in [0.2, 0.25) is 0 Å². The number of carbonyl (C=O) groups excluding carboxylic acids is 1. The molecule has 5 heteroatoms. The zero-order chi connectivity index (χ0) is 10.9. The minimum atomic E-state index is 0.104. The molecule has 0 unspecified atom stereocenters. The quantitative estimate of drug-likeness (QED) is 0.730. The van der Waals surface area contributed by atoms with Crippen molar-refractivity contribution in [2.24, 2.45) is 4.99 Å². The van der Waals surface area contributed by atoms with Crippen LogP contribution >= 0.6 is 23.5 Å². The number of nitrogens with zero attached hydrogens (tertiary/aromatic N) is 1. The van der Waals surface area contributed by atoms with E-state index in [2.05, 4.69) is 17.2 Å². The average molecular weight is 246 g/mol. The molecule has 0 atom stereocenters. The summed E-state index contributed by atoms with van der Waals surface area (Å²) in [4.78, 5) is 15.6. The van der Waals surface area contributed by atoms with Crippen molar-refractivity contribution in [1.29, 1.82) is 0 Å². The van der Waals surface area contributed by atoms with E-state index < -0.39 is 0 Å². The summed E-state index contributed by atoms with van der Waals surface area (Å²) in [5.41, 5.74) is 0. The maximum atomic E-state index is 11.4. The molecule has 0 aromatic carbocycles. The van der Waals surface area contributed by atoms with Gasteiger partial charge in [-0.25, -0.2) is 0 Å². The maximum absolute atomic E-state index is 11.4. The van der Waals surface area contributed by atoms with E-state index in [0.717, 1.165) is 23.2 Å². The summed E-state index contributed by atoms with van der Waals surface area (Å²) in [5.74, 6) is 3.19. The first-order valence-electron chi connectivity index (χ1n) is 5.37. The number of rotatable bonds is 6. The van der Waals surface area contributed by atoms with Crippen molar-refractivity contribution in [3.8, 4) is 0 Å². The zero-order valence-corrected chi connectivity index (χ0v) is 10.8. The second kappa shape index (κ2) is 8.05. The van der Waals surface area contributed by atoms with E-state index in [1.54, 1.807) is 11.8 Å². The molecular weight excluding hydrogens is 228 g/mol. The lowest BCUT2D eigenvalue weighted by molar-refractivity contribution is -0.119. The summed E-state index contributed by atoms with van der Waals surface area (Å²) in [6.45, 7) is 3.02. The van der Waals surface area contributed by atoms with Gasteiger partial charge >= 0.3 is 0 Å². The van der Waals surface area contributed by atoms with Crippen LogP contribution in [0, 0.1) is 0 Å². The van der Waals surface area contributed by atoms with Crippen LogP contribution in [-0.2, 0) is 4.79 Å². The molecule has 0 aromatic rings. The molecule has 0 fully saturated rings. The summed E-state index contributed by atoms with van der Waals surface area (Å²) in [7, 11) is 0. The molecule has 0 saturated heterocycles. The monoisotopic (exact) mass is 246 g/mol. The van der Waals surface area contributed by atoms with Gasteiger partial charge in [-0.1, -0.05) is 25.1 Å².